The van der Waals surface area contributed by atoms with Crippen LogP contribution in [0, 0.1) is 5.92 Å². The number of nitrogens with zero attached hydrogens (tertiary/aromatic N) is 1. The van der Waals surface area contributed by atoms with Crippen LogP contribution in [0.5, 0.6) is 5.88 Å². The number of benzene rings is 1. The molecule has 1 aliphatic heterocycles. The predicted molar refractivity (Wildman–Crippen MR) is 126 cm³/mol. The number of Topliss-reactive ketones (excluding diaryl/α,β-unsaturated/α-hetero) is 1. The van der Waals surface area contributed by atoms with Crippen LogP contribution in [0.2, 0.25) is 5.02 Å². The number of hydrogen-bond acceptors (Lipinski definition) is 6. The molecule has 2 aromatic heterocycles. The van der Waals surface area contributed by atoms with E-state index in [1.807, 2.05) is 53.2 Å². The van der Waals surface area contributed by atoms with E-state index in [4.69, 9.17) is 21.3 Å². The Morgan fingerprint density at radius 1 is 1.16 bits per heavy atom. The molecule has 5 nitrogen and oxygen atoms in total. The second-order valence-corrected chi connectivity index (χ2v) is 10.4. The fraction of sp³-hybridized carbons (Fsp3) is 0.292. The van der Waals surface area contributed by atoms with Gasteiger partial charge in [-0.05, 0) is 59.3 Å². The van der Waals surface area contributed by atoms with Gasteiger partial charge in [-0.1, -0.05) is 29.8 Å². The minimum Gasteiger partial charge on any atom is -0.477 e. The van der Waals surface area contributed by atoms with Crippen molar-refractivity contribution in [1.82, 2.24) is 10.3 Å². The van der Waals surface area contributed by atoms with Crippen molar-refractivity contribution in [2.45, 2.75) is 34.9 Å². The van der Waals surface area contributed by atoms with Crippen LogP contribution in [-0.2, 0) is 15.1 Å². The molecular formula is C24H21ClN2O3S2. The number of thioether (sulfide) groups is 1. The number of carbonyl (C=O) groups is 2. The number of ether oxygens (including phenoxy) is 1. The number of amides is 1. The molecule has 2 unspecified atom stereocenters. The first kappa shape index (κ1) is 21.5. The summed E-state index contributed by atoms with van der Waals surface area (Å²) in [6.07, 6.45) is 2.48. The molecule has 0 radical (unpaired) electrons. The normalized spacial score (nSPS) is 23.1. The van der Waals surface area contributed by atoms with Gasteiger partial charge in [0.1, 0.15) is 10.8 Å². The maximum absolute atomic E-state index is 13.3. The molecule has 0 spiro atoms. The monoisotopic (exact) mass is 484 g/mol. The molecule has 164 valence electrons. The first-order valence-electron chi connectivity index (χ1n) is 10.4. The van der Waals surface area contributed by atoms with Gasteiger partial charge >= 0.3 is 0 Å². The number of halogens is 1. The third kappa shape index (κ3) is 4.29. The number of nitrogens with one attached hydrogen (secondary N) is 1. The molecule has 1 saturated carbocycles. The molecule has 3 heterocycles. The van der Waals surface area contributed by atoms with Gasteiger partial charge in [0.15, 0.2) is 5.78 Å². The lowest BCUT2D eigenvalue weighted by molar-refractivity contribution is -0.133. The molecule has 1 aliphatic carbocycles. The average molecular weight is 485 g/mol. The molecule has 2 atom stereocenters. The standard InChI is InChI=1S/C24H21ClN2O3S2/c25-17-4-1-2-5-19(17)32-22-18(28)12-24(27-23(22)29,16-10-11-31-14-16)20-6-3-7-21(26-20)30-13-15-8-9-15/h1-7,10-11,14-15,22H,8-9,12-13H2,(H,27,29). The molecule has 1 N–H and O–H groups in total. The second-order valence-electron chi connectivity index (χ2n) is 8.09. The van der Waals surface area contributed by atoms with Gasteiger partial charge in [-0.25, -0.2) is 4.98 Å². The minimum atomic E-state index is -1.02. The Morgan fingerprint density at radius 3 is 2.72 bits per heavy atom. The van der Waals surface area contributed by atoms with Crippen molar-refractivity contribution in [3.05, 3.63) is 75.6 Å². The zero-order valence-corrected chi connectivity index (χ0v) is 19.5. The Morgan fingerprint density at radius 2 is 2.00 bits per heavy atom. The molecule has 3 aromatic rings. The maximum atomic E-state index is 13.3. The lowest BCUT2D eigenvalue weighted by Crippen LogP contribution is -2.58. The van der Waals surface area contributed by atoms with Gasteiger partial charge in [-0.3, -0.25) is 9.59 Å². The number of rotatable bonds is 7. The van der Waals surface area contributed by atoms with E-state index in [1.165, 1.54) is 35.9 Å². The van der Waals surface area contributed by atoms with E-state index in [9.17, 15) is 9.59 Å². The summed E-state index contributed by atoms with van der Waals surface area (Å²) in [5.74, 6) is 0.613. The number of ketones is 1. The summed E-state index contributed by atoms with van der Waals surface area (Å²) in [5, 5.41) is 6.69. The zero-order valence-electron chi connectivity index (χ0n) is 17.1. The van der Waals surface area contributed by atoms with Gasteiger partial charge in [0, 0.05) is 17.4 Å². The highest BCUT2D eigenvalue weighted by atomic mass is 35.5. The van der Waals surface area contributed by atoms with E-state index < -0.39 is 10.8 Å². The highest BCUT2D eigenvalue weighted by Crippen LogP contribution is 2.41. The second kappa shape index (κ2) is 8.89. The van der Waals surface area contributed by atoms with Crippen molar-refractivity contribution in [2.75, 3.05) is 6.61 Å². The lowest BCUT2D eigenvalue weighted by atomic mass is 9.79. The number of hydrogen-bond donors (Lipinski definition) is 1. The molecule has 1 saturated heterocycles. The summed E-state index contributed by atoms with van der Waals surface area (Å²) in [6, 6.07) is 14.7. The highest BCUT2D eigenvalue weighted by Gasteiger charge is 2.48. The summed E-state index contributed by atoms with van der Waals surface area (Å²) in [4.78, 5) is 32.0. The maximum Gasteiger partial charge on any atom is 0.242 e. The van der Waals surface area contributed by atoms with Crippen molar-refractivity contribution in [1.29, 1.82) is 0 Å². The summed E-state index contributed by atoms with van der Waals surface area (Å²) in [7, 11) is 0. The van der Waals surface area contributed by atoms with E-state index >= 15 is 0 Å². The molecule has 1 amide bonds. The van der Waals surface area contributed by atoms with Crippen LogP contribution in [0.1, 0.15) is 30.5 Å². The van der Waals surface area contributed by atoms with E-state index in [-0.39, 0.29) is 18.1 Å². The van der Waals surface area contributed by atoms with Crippen LogP contribution < -0.4 is 10.1 Å². The van der Waals surface area contributed by atoms with Crippen molar-refractivity contribution in [3.63, 3.8) is 0 Å². The molecule has 5 rings (SSSR count). The summed E-state index contributed by atoms with van der Waals surface area (Å²) in [5.41, 5.74) is 0.425. The van der Waals surface area contributed by atoms with Crippen LogP contribution >= 0.6 is 34.7 Å². The first-order chi connectivity index (χ1) is 15.5. The van der Waals surface area contributed by atoms with Crippen molar-refractivity contribution in [3.8, 4) is 5.88 Å². The smallest absolute Gasteiger partial charge is 0.242 e. The first-order valence-corrected chi connectivity index (χ1v) is 12.6. The third-order valence-electron chi connectivity index (χ3n) is 5.73. The van der Waals surface area contributed by atoms with Crippen LogP contribution in [0.4, 0.5) is 0 Å². The van der Waals surface area contributed by atoms with Crippen LogP contribution in [0.15, 0.2) is 64.2 Å². The number of thiophene rings is 1. The lowest BCUT2D eigenvalue weighted by Gasteiger charge is -2.39. The van der Waals surface area contributed by atoms with Crippen LogP contribution in [0.3, 0.4) is 0 Å². The van der Waals surface area contributed by atoms with Crippen molar-refractivity contribution < 1.29 is 14.3 Å². The molecule has 8 heteroatoms. The van der Waals surface area contributed by atoms with Crippen LogP contribution in [-0.4, -0.2) is 28.5 Å². The Labute approximate surface area is 199 Å². The molecule has 32 heavy (non-hydrogen) atoms. The van der Waals surface area contributed by atoms with Gasteiger partial charge in [0.05, 0.1) is 17.3 Å². The largest absolute Gasteiger partial charge is 0.477 e. The molecule has 2 aliphatic rings. The number of piperidine rings is 1. The SMILES string of the molecule is O=C1CC(c2ccsc2)(c2cccc(OCC3CC3)n2)NC(=O)C1Sc1ccccc1Cl. The van der Waals surface area contributed by atoms with E-state index in [0.717, 1.165) is 5.56 Å². The quantitative estimate of drug-likeness (QED) is 0.474. The van der Waals surface area contributed by atoms with Gasteiger partial charge in [-0.2, -0.15) is 11.3 Å². The Kier molecular flexibility index (Phi) is 5.97. The fourth-order valence-corrected chi connectivity index (χ4v) is 5.78. The topological polar surface area (TPSA) is 68.3 Å². The predicted octanol–water partition coefficient (Wildman–Crippen LogP) is 5.08. The fourth-order valence-electron chi connectivity index (χ4n) is 3.81. The number of pyridine rings is 1. The highest BCUT2D eigenvalue weighted by molar-refractivity contribution is 8.01. The number of carbonyl (C=O) groups excluding carboxylic acids is 2. The van der Waals surface area contributed by atoms with Crippen molar-refractivity contribution >= 4 is 46.4 Å². The van der Waals surface area contributed by atoms with Gasteiger partial charge in [0.25, 0.3) is 0 Å². The van der Waals surface area contributed by atoms with Gasteiger partial charge in [0.2, 0.25) is 11.8 Å². The third-order valence-corrected chi connectivity index (χ3v) is 8.17. The van der Waals surface area contributed by atoms with Crippen molar-refractivity contribution in [2.24, 2.45) is 5.92 Å². The van der Waals surface area contributed by atoms with E-state index in [0.29, 0.717) is 34.0 Å². The average Bonchev–Trinajstić information content (AvgIpc) is 3.46. The van der Waals surface area contributed by atoms with Gasteiger partial charge < -0.3 is 10.1 Å². The molecule has 1 aromatic carbocycles. The Balaban J connectivity index is 1.46. The summed E-state index contributed by atoms with van der Waals surface area (Å²) in [6.45, 7) is 0.643. The van der Waals surface area contributed by atoms with Crippen LogP contribution in [0.25, 0.3) is 0 Å². The number of aromatic nitrogens is 1. The Hall–Kier alpha value is -2.35. The Bertz CT molecular complexity index is 1130. The molecule has 2 fully saturated rings. The minimum absolute atomic E-state index is 0.108. The van der Waals surface area contributed by atoms with E-state index in [1.54, 1.807) is 6.07 Å². The van der Waals surface area contributed by atoms with Gasteiger partial charge in [-0.15, -0.1) is 11.8 Å². The molecule has 0 bridgehead atoms. The van der Waals surface area contributed by atoms with E-state index in [2.05, 4.69) is 5.32 Å². The summed E-state index contributed by atoms with van der Waals surface area (Å²) >= 11 is 8.96. The molecular weight excluding hydrogens is 464 g/mol. The zero-order chi connectivity index (χ0) is 22.1. The summed E-state index contributed by atoms with van der Waals surface area (Å²) < 4.78 is 5.87.